The van der Waals surface area contributed by atoms with E-state index in [4.69, 9.17) is 9.47 Å². The van der Waals surface area contributed by atoms with Crippen LogP contribution in [-0.4, -0.2) is 48.8 Å². The molecule has 2 aromatic rings. The van der Waals surface area contributed by atoms with Gasteiger partial charge in [0.15, 0.2) is 6.04 Å². The quantitative estimate of drug-likeness (QED) is 0.740. The third kappa shape index (κ3) is 4.21. The Kier molecular flexibility index (Phi) is 6.38. The Hall–Kier alpha value is -2.77. The monoisotopic (exact) mass is 387 g/mol. The van der Waals surface area contributed by atoms with Crippen molar-refractivity contribution in [1.29, 1.82) is 0 Å². The Labute approximate surface area is 162 Å². The molecule has 0 radical (unpaired) electrons. The van der Waals surface area contributed by atoms with Crippen LogP contribution in [0.1, 0.15) is 33.1 Å². The molecule has 148 valence electrons. The SMILES string of the molecule is COCCOCc1cc(C(=O)N2CCc3ccccc3C2C(=O)O)ccc1F. The van der Waals surface area contributed by atoms with Gasteiger partial charge in [0.2, 0.25) is 0 Å². The fourth-order valence-electron chi connectivity index (χ4n) is 3.36. The van der Waals surface area contributed by atoms with Crippen LogP contribution in [0.15, 0.2) is 42.5 Å². The summed E-state index contributed by atoms with van der Waals surface area (Å²) in [5, 5.41) is 9.73. The number of fused-ring (bicyclic) bond motifs is 1. The fourth-order valence-corrected chi connectivity index (χ4v) is 3.36. The average Bonchev–Trinajstić information content (AvgIpc) is 2.70. The van der Waals surface area contributed by atoms with E-state index < -0.39 is 23.7 Å². The normalized spacial score (nSPS) is 15.9. The predicted octanol–water partition coefficient (Wildman–Crippen LogP) is 2.81. The number of hydrogen-bond donors (Lipinski definition) is 1. The molecule has 1 N–H and O–H groups in total. The van der Waals surface area contributed by atoms with Gasteiger partial charge in [-0.3, -0.25) is 4.79 Å². The van der Waals surface area contributed by atoms with E-state index in [0.29, 0.717) is 25.2 Å². The van der Waals surface area contributed by atoms with E-state index in [0.717, 1.165) is 5.56 Å². The van der Waals surface area contributed by atoms with E-state index in [1.165, 1.54) is 23.1 Å². The second-order valence-corrected chi connectivity index (χ2v) is 6.54. The number of carbonyl (C=O) groups excluding carboxylic acids is 1. The fraction of sp³-hybridized carbons (Fsp3) is 0.333. The van der Waals surface area contributed by atoms with Crippen LogP contribution in [0.25, 0.3) is 0 Å². The van der Waals surface area contributed by atoms with Gasteiger partial charge in [0.1, 0.15) is 5.82 Å². The Balaban J connectivity index is 1.84. The summed E-state index contributed by atoms with van der Waals surface area (Å²) in [6, 6.07) is 10.1. The lowest BCUT2D eigenvalue weighted by Crippen LogP contribution is -2.43. The predicted molar refractivity (Wildman–Crippen MR) is 99.5 cm³/mol. The second kappa shape index (κ2) is 8.95. The maximum Gasteiger partial charge on any atom is 0.331 e. The highest BCUT2D eigenvalue weighted by Crippen LogP contribution is 2.31. The van der Waals surface area contributed by atoms with Crippen LogP contribution < -0.4 is 0 Å². The number of benzene rings is 2. The highest BCUT2D eigenvalue weighted by molar-refractivity contribution is 5.97. The Morgan fingerprint density at radius 2 is 2.00 bits per heavy atom. The van der Waals surface area contributed by atoms with Crippen molar-refractivity contribution in [3.05, 3.63) is 70.5 Å². The number of aliphatic carboxylic acids is 1. The lowest BCUT2D eigenvalue weighted by molar-refractivity contribution is -0.143. The second-order valence-electron chi connectivity index (χ2n) is 6.54. The summed E-state index contributed by atoms with van der Waals surface area (Å²) in [5.41, 5.74) is 2.01. The van der Waals surface area contributed by atoms with Crippen LogP contribution in [0.2, 0.25) is 0 Å². The Bertz CT molecular complexity index is 870. The number of amides is 1. The van der Waals surface area contributed by atoms with Gasteiger partial charge in [-0.15, -0.1) is 0 Å². The van der Waals surface area contributed by atoms with Crippen molar-refractivity contribution in [2.24, 2.45) is 0 Å². The zero-order chi connectivity index (χ0) is 20.1. The number of ether oxygens (including phenoxy) is 2. The lowest BCUT2D eigenvalue weighted by atomic mass is 9.92. The molecule has 0 spiro atoms. The summed E-state index contributed by atoms with van der Waals surface area (Å²) < 4.78 is 24.3. The third-order valence-electron chi connectivity index (χ3n) is 4.76. The van der Waals surface area contributed by atoms with Gasteiger partial charge in [-0.25, -0.2) is 9.18 Å². The summed E-state index contributed by atoms with van der Waals surface area (Å²) in [6.45, 7) is 0.969. The zero-order valence-electron chi connectivity index (χ0n) is 15.6. The van der Waals surface area contributed by atoms with Crippen molar-refractivity contribution in [3.8, 4) is 0 Å². The molecular formula is C21H22FNO5. The number of carboxylic acids is 1. The van der Waals surface area contributed by atoms with Crippen LogP contribution in [0, 0.1) is 5.82 Å². The van der Waals surface area contributed by atoms with Crippen molar-refractivity contribution in [3.63, 3.8) is 0 Å². The van der Waals surface area contributed by atoms with E-state index in [1.807, 2.05) is 12.1 Å². The van der Waals surface area contributed by atoms with Gasteiger partial charge in [-0.05, 0) is 35.7 Å². The highest BCUT2D eigenvalue weighted by Gasteiger charge is 2.36. The summed E-state index contributed by atoms with van der Waals surface area (Å²) in [6.07, 6.45) is 0.569. The molecule has 1 atom stereocenters. The number of halogens is 1. The number of rotatable bonds is 7. The first-order valence-corrected chi connectivity index (χ1v) is 8.99. The van der Waals surface area contributed by atoms with Crippen LogP contribution >= 0.6 is 0 Å². The van der Waals surface area contributed by atoms with Crippen LogP contribution in [0.4, 0.5) is 4.39 Å². The zero-order valence-corrected chi connectivity index (χ0v) is 15.6. The van der Waals surface area contributed by atoms with Crippen LogP contribution in [0.5, 0.6) is 0 Å². The van der Waals surface area contributed by atoms with Crippen molar-refractivity contribution in [2.75, 3.05) is 26.9 Å². The van der Waals surface area contributed by atoms with Gasteiger partial charge in [-0.2, -0.15) is 0 Å². The number of carbonyl (C=O) groups is 2. The third-order valence-corrected chi connectivity index (χ3v) is 4.76. The molecule has 0 aliphatic carbocycles. The van der Waals surface area contributed by atoms with Crippen molar-refractivity contribution in [1.82, 2.24) is 4.90 Å². The molecule has 6 nitrogen and oxygen atoms in total. The molecule has 2 aromatic carbocycles. The van der Waals surface area contributed by atoms with Gasteiger partial charge in [0.05, 0.1) is 19.8 Å². The standard InChI is InChI=1S/C21H22FNO5/c1-27-10-11-28-13-16-12-15(6-7-18(16)22)20(24)23-9-8-14-4-2-3-5-17(14)19(23)21(25)26/h2-7,12,19H,8-11,13H2,1H3,(H,25,26). The van der Waals surface area contributed by atoms with Gasteiger partial charge in [0, 0.05) is 24.8 Å². The molecule has 3 rings (SSSR count). The van der Waals surface area contributed by atoms with E-state index in [9.17, 15) is 19.1 Å². The van der Waals surface area contributed by atoms with Gasteiger partial charge < -0.3 is 19.5 Å². The molecule has 0 bridgehead atoms. The van der Waals surface area contributed by atoms with E-state index >= 15 is 0 Å². The molecule has 0 aromatic heterocycles. The highest BCUT2D eigenvalue weighted by atomic mass is 19.1. The molecule has 7 heteroatoms. The van der Waals surface area contributed by atoms with Gasteiger partial charge in [-0.1, -0.05) is 24.3 Å². The summed E-state index contributed by atoms with van der Waals surface area (Å²) >= 11 is 0. The van der Waals surface area contributed by atoms with Gasteiger partial charge >= 0.3 is 5.97 Å². The van der Waals surface area contributed by atoms with Crippen LogP contribution in [-0.2, 0) is 27.3 Å². The molecule has 1 aliphatic heterocycles. The molecule has 1 unspecified atom stereocenters. The first-order chi connectivity index (χ1) is 13.5. The van der Waals surface area contributed by atoms with Gasteiger partial charge in [0.25, 0.3) is 5.91 Å². The molecule has 1 aliphatic rings. The first kappa shape index (κ1) is 20.0. The molecule has 0 saturated carbocycles. The number of methoxy groups -OCH3 is 1. The number of carboxylic acid groups (broad SMARTS) is 1. The Morgan fingerprint density at radius 1 is 1.21 bits per heavy atom. The van der Waals surface area contributed by atoms with Crippen molar-refractivity contribution in [2.45, 2.75) is 19.1 Å². The number of nitrogens with zero attached hydrogens (tertiary/aromatic N) is 1. The minimum Gasteiger partial charge on any atom is -0.479 e. The molecule has 0 fully saturated rings. The first-order valence-electron chi connectivity index (χ1n) is 8.99. The summed E-state index contributed by atoms with van der Waals surface area (Å²) in [7, 11) is 1.54. The smallest absolute Gasteiger partial charge is 0.331 e. The van der Waals surface area contributed by atoms with Crippen molar-refractivity contribution < 1.29 is 28.6 Å². The van der Waals surface area contributed by atoms with E-state index in [-0.39, 0.29) is 24.3 Å². The average molecular weight is 387 g/mol. The maximum atomic E-state index is 14.1. The molecule has 28 heavy (non-hydrogen) atoms. The largest absolute Gasteiger partial charge is 0.479 e. The molecule has 1 heterocycles. The minimum atomic E-state index is -1.09. The maximum absolute atomic E-state index is 14.1. The number of hydrogen-bond acceptors (Lipinski definition) is 4. The molecule has 0 saturated heterocycles. The summed E-state index contributed by atoms with van der Waals surface area (Å²) in [4.78, 5) is 26.3. The Morgan fingerprint density at radius 3 is 2.75 bits per heavy atom. The van der Waals surface area contributed by atoms with E-state index in [1.54, 1.807) is 19.2 Å². The molecular weight excluding hydrogens is 365 g/mol. The van der Waals surface area contributed by atoms with E-state index in [2.05, 4.69) is 0 Å². The van der Waals surface area contributed by atoms with Crippen molar-refractivity contribution >= 4 is 11.9 Å². The van der Waals surface area contributed by atoms with Crippen LogP contribution in [0.3, 0.4) is 0 Å². The lowest BCUT2D eigenvalue weighted by Gasteiger charge is -2.34. The topological polar surface area (TPSA) is 76.1 Å². The molecule has 1 amide bonds. The minimum absolute atomic E-state index is 0.00149. The summed E-state index contributed by atoms with van der Waals surface area (Å²) in [5.74, 6) is -2.02.